The molecule has 0 amide bonds. The van der Waals surface area contributed by atoms with Gasteiger partial charge in [0.2, 0.25) is 5.78 Å². The van der Waals surface area contributed by atoms with Crippen LogP contribution in [0.2, 0.25) is 0 Å². The lowest BCUT2D eigenvalue weighted by Crippen LogP contribution is -2.36. The number of ether oxygens (including phenoxy) is 1. The number of aryl methyl sites for hydroxylation is 1. The van der Waals surface area contributed by atoms with E-state index in [1.807, 2.05) is 32.0 Å². The molecule has 0 saturated carbocycles. The Morgan fingerprint density at radius 1 is 1.39 bits per heavy atom. The second-order valence-electron chi connectivity index (χ2n) is 4.77. The monoisotopic (exact) mass is 246 g/mol. The Balaban J connectivity index is 2.45. The minimum atomic E-state index is -0.817. The predicted molar refractivity (Wildman–Crippen MR) is 71.0 cm³/mol. The van der Waals surface area contributed by atoms with E-state index in [1.54, 1.807) is 20.1 Å². The first-order valence-electron chi connectivity index (χ1n) is 6.10. The van der Waals surface area contributed by atoms with Crippen LogP contribution in [0.5, 0.6) is 0 Å². The summed E-state index contributed by atoms with van der Waals surface area (Å²) in [5.41, 5.74) is 1.06. The van der Waals surface area contributed by atoms with Gasteiger partial charge in [0.05, 0.1) is 0 Å². The van der Waals surface area contributed by atoms with Crippen LogP contribution in [0.1, 0.15) is 36.4 Å². The third kappa shape index (κ3) is 2.06. The number of carbonyl (C=O) groups is 1. The van der Waals surface area contributed by atoms with Gasteiger partial charge in [0.25, 0.3) is 0 Å². The van der Waals surface area contributed by atoms with Crippen molar-refractivity contribution in [2.45, 2.75) is 32.8 Å². The zero-order valence-corrected chi connectivity index (χ0v) is 11.2. The second kappa shape index (κ2) is 4.58. The molecule has 0 saturated heterocycles. The fourth-order valence-corrected chi connectivity index (χ4v) is 1.93. The lowest BCUT2D eigenvalue weighted by molar-refractivity contribution is 0.00855. The highest BCUT2D eigenvalue weighted by molar-refractivity contribution is 6.02. The molecule has 1 heterocycles. The van der Waals surface area contributed by atoms with Crippen LogP contribution < -0.4 is 0 Å². The largest absolute Gasteiger partial charge is 0.453 e. The minimum Gasteiger partial charge on any atom is -0.453 e. The first-order valence-corrected chi connectivity index (χ1v) is 6.10. The van der Waals surface area contributed by atoms with Gasteiger partial charge < -0.3 is 9.15 Å². The Morgan fingerprint density at radius 2 is 2.11 bits per heavy atom. The molecule has 1 unspecified atom stereocenters. The number of hydrogen-bond acceptors (Lipinski definition) is 3. The van der Waals surface area contributed by atoms with Crippen molar-refractivity contribution in [3.63, 3.8) is 0 Å². The van der Waals surface area contributed by atoms with E-state index in [9.17, 15) is 4.79 Å². The summed E-state index contributed by atoms with van der Waals surface area (Å²) in [6, 6.07) is 7.65. The Morgan fingerprint density at radius 3 is 2.72 bits per heavy atom. The number of rotatable bonds is 4. The topological polar surface area (TPSA) is 39.4 Å². The molecule has 2 rings (SSSR count). The normalized spacial score (nSPS) is 14.7. The maximum atomic E-state index is 12.4. The Hall–Kier alpha value is -1.61. The van der Waals surface area contributed by atoms with Gasteiger partial charge >= 0.3 is 0 Å². The van der Waals surface area contributed by atoms with E-state index in [0.717, 1.165) is 16.5 Å². The number of Topliss-reactive ketones (excluding diaryl/α,β-unsaturated/α-hetero) is 1. The molecule has 0 bridgehead atoms. The standard InChI is InChI=1S/C15H18O3/c1-5-15(3,17-4)14(16)13-9-11-8-10(2)6-7-12(11)18-13/h6-9H,5H2,1-4H3. The van der Waals surface area contributed by atoms with Crippen LogP contribution in [0.15, 0.2) is 28.7 Å². The quantitative estimate of drug-likeness (QED) is 0.771. The average molecular weight is 246 g/mol. The molecular formula is C15H18O3. The molecule has 0 N–H and O–H groups in total. The van der Waals surface area contributed by atoms with Crippen LogP contribution in [-0.4, -0.2) is 18.5 Å². The summed E-state index contributed by atoms with van der Waals surface area (Å²) in [5, 5.41) is 0.952. The van der Waals surface area contributed by atoms with Crippen LogP contribution in [0.3, 0.4) is 0 Å². The van der Waals surface area contributed by atoms with Crippen LogP contribution >= 0.6 is 0 Å². The zero-order chi connectivity index (χ0) is 13.3. The van der Waals surface area contributed by atoms with E-state index < -0.39 is 5.60 Å². The molecule has 0 aliphatic heterocycles. The van der Waals surface area contributed by atoms with Gasteiger partial charge in [-0.2, -0.15) is 0 Å². The van der Waals surface area contributed by atoms with Gasteiger partial charge in [-0.15, -0.1) is 0 Å². The van der Waals surface area contributed by atoms with Crippen molar-refractivity contribution >= 4 is 16.8 Å². The van der Waals surface area contributed by atoms with Gasteiger partial charge in [-0.25, -0.2) is 0 Å². The van der Waals surface area contributed by atoms with Crippen LogP contribution in [0.25, 0.3) is 11.0 Å². The molecule has 3 heteroatoms. The molecule has 2 aromatic rings. The summed E-state index contributed by atoms with van der Waals surface area (Å²) >= 11 is 0. The Bertz CT molecular complexity index is 576. The smallest absolute Gasteiger partial charge is 0.229 e. The summed E-state index contributed by atoms with van der Waals surface area (Å²) in [7, 11) is 1.55. The second-order valence-corrected chi connectivity index (χ2v) is 4.77. The summed E-state index contributed by atoms with van der Waals surface area (Å²) in [4.78, 5) is 12.4. The number of furan rings is 1. The molecule has 1 aromatic heterocycles. The Labute approximate surface area is 107 Å². The molecule has 0 spiro atoms. The molecule has 0 aliphatic carbocycles. The van der Waals surface area contributed by atoms with Gasteiger partial charge in [-0.05, 0) is 38.5 Å². The van der Waals surface area contributed by atoms with E-state index in [0.29, 0.717) is 12.2 Å². The van der Waals surface area contributed by atoms with Gasteiger partial charge in [-0.1, -0.05) is 18.6 Å². The number of fused-ring (bicyclic) bond motifs is 1. The lowest BCUT2D eigenvalue weighted by atomic mass is 9.95. The van der Waals surface area contributed by atoms with Crippen molar-refractivity contribution in [1.82, 2.24) is 0 Å². The van der Waals surface area contributed by atoms with Gasteiger partial charge in [-0.3, -0.25) is 4.79 Å². The average Bonchev–Trinajstić information content (AvgIpc) is 2.79. The van der Waals surface area contributed by atoms with Crippen molar-refractivity contribution in [3.05, 3.63) is 35.6 Å². The molecule has 1 aromatic carbocycles. The van der Waals surface area contributed by atoms with Crippen LogP contribution in [0.4, 0.5) is 0 Å². The highest BCUT2D eigenvalue weighted by Gasteiger charge is 2.34. The lowest BCUT2D eigenvalue weighted by Gasteiger charge is -2.23. The molecular weight excluding hydrogens is 228 g/mol. The van der Waals surface area contributed by atoms with Crippen molar-refractivity contribution in [1.29, 1.82) is 0 Å². The predicted octanol–water partition coefficient (Wildman–Crippen LogP) is 3.74. The van der Waals surface area contributed by atoms with Crippen molar-refractivity contribution < 1.29 is 13.9 Å². The molecule has 18 heavy (non-hydrogen) atoms. The molecule has 96 valence electrons. The molecule has 0 fully saturated rings. The molecule has 0 aliphatic rings. The summed E-state index contributed by atoms with van der Waals surface area (Å²) in [5.74, 6) is 0.253. The van der Waals surface area contributed by atoms with E-state index in [2.05, 4.69) is 0 Å². The van der Waals surface area contributed by atoms with E-state index >= 15 is 0 Å². The highest BCUT2D eigenvalue weighted by atomic mass is 16.5. The van der Waals surface area contributed by atoms with E-state index in [-0.39, 0.29) is 5.78 Å². The molecule has 3 nitrogen and oxygen atoms in total. The maximum Gasteiger partial charge on any atom is 0.229 e. The molecule has 0 radical (unpaired) electrons. The first-order chi connectivity index (χ1) is 8.50. The van der Waals surface area contributed by atoms with Crippen molar-refractivity contribution in [2.24, 2.45) is 0 Å². The van der Waals surface area contributed by atoms with Gasteiger partial charge in [0, 0.05) is 12.5 Å². The minimum absolute atomic E-state index is 0.110. The number of benzene rings is 1. The van der Waals surface area contributed by atoms with Crippen molar-refractivity contribution in [3.8, 4) is 0 Å². The summed E-state index contributed by atoms with van der Waals surface area (Å²) in [6.45, 7) is 5.72. The molecule has 1 atom stereocenters. The zero-order valence-electron chi connectivity index (χ0n) is 11.2. The SMILES string of the molecule is CCC(C)(OC)C(=O)c1cc2cc(C)ccc2o1. The van der Waals surface area contributed by atoms with Crippen molar-refractivity contribution in [2.75, 3.05) is 7.11 Å². The number of hydrogen-bond donors (Lipinski definition) is 0. The third-order valence-corrected chi connectivity index (χ3v) is 3.50. The summed E-state index contributed by atoms with van der Waals surface area (Å²) < 4.78 is 10.9. The Kier molecular flexibility index (Phi) is 3.26. The maximum absolute atomic E-state index is 12.4. The fourth-order valence-electron chi connectivity index (χ4n) is 1.93. The third-order valence-electron chi connectivity index (χ3n) is 3.50. The van der Waals surface area contributed by atoms with Gasteiger partial charge in [0.15, 0.2) is 5.76 Å². The number of ketones is 1. The van der Waals surface area contributed by atoms with Crippen LogP contribution in [0, 0.1) is 6.92 Å². The summed E-state index contributed by atoms with van der Waals surface area (Å²) in [6.07, 6.45) is 0.610. The number of carbonyl (C=O) groups excluding carboxylic acids is 1. The van der Waals surface area contributed by atoms with Gasteiger partial charge in [0.1, 0.15) is 11.2 Å². The van der Waals surface area contributed by atoms with Crippen LogP contribution in [-0.2, 0) is 4.74 Å². The first kappa shape index (κ1) is 12.8. The highest BCUT2D eigenvalue weighted by Crippen LogP contribution is 2.26. The fraction of sp³-hybridized carbons (Fsp3) is 0.400. The van der Waals surface area contributed by atoms with E-state index in [4.69, 9.17) is 9.15 Å². The number of methoxy groups -OCH3 is 1. The van der Waals surface area contributed by atoms with E-state index in [1.165, 1.54) is 0 Å².